The number of hydrogen-bond acceptors (Lipinski definition) is 17. The largest absolute Gasteiger partial charge is 0.458 e. The third-order valence-electron chi connectivity index (χ3n) is 13.6. The van der Waals surface area contributed by atoms with Gasteiger partial charge in [0.2, 0.25) is 20.0 Å². The topological polar surface area (TPSA) is 289 Å². The van der Waals surface area contributed by atoms with Crippen molar-refractivity contribution in [2.75, 3.05) is 78.0 Å². The van der Waals surface area contributed by atoms with Crippen LogP contribution in [0.15, 0.2) is 119 Å². The van der Waals surface area contributed by atoms with E-state index in [1.54, 1.807) is 12.1 Å². The van der Waals surface area contributed by atoms with Gasteiger partial charge in [-0.2, -0.15) is 8.61 Å². The van der Waals surface area contributed by atoms with E-state index >= 15 is 0 Å². The van der Waals surface area contributed by atoms with Gasteiger partial charge in [0.05, 0.1) is 72.4 Å². The van der Waals surface area contributed by atoms with Crippen LogP contribution in [-0.2, 0) is 61.4 Å². The number of benzene rings is 4. The number of likely N-dealkylation sites (tertiary alicyclic amines) is 1. The molecule has 6 atom stereocenters. The summed E-state index contributed by atoms with van der Waals surface area (Å²) in [5.41, 5.74) is 7.77. The van der Waals surface area contributed by atoms with Gasteiger partial charge in [0.25, 0.3) is 5.69 Å². The molecule has 2 amide bonds. The van der Waals surface area contributed by atoms with E-state index in [2.05, 4.69) is 10.6 Å². The number of anilines is 1. The van der Waals surface area contributed by atoms with E-state index in [0.29, 0.717) is 45.0 Å². The number of nitrogens with two attached hydrogens (primary N) is 1. The van der Waals surface area contributed by atoms with Crippen LogP contribution in [0.2, 0.25) is 0 Å². The van der Waals surface area contributed by atoms with Crippen LogP contribution in [0, 0.1) is 22.0 Å². The molecule has 0 radical (unpaired) electrons. The van der Waals surface area contributed by atoms with E-state index in [1.807, 2.05) is 93.3 Å². The molecule has 0 spiro atoms. The average Bonchev–Trinajstić information content (AvgIpc) is 4.33. The number of aliphatic hydroxyl groups is 1. The number of ether oxygens (including phenoxy) is 5. The highest BCUT2D eigenvalue weighted by molar-refractivity contribution is 7.89. The fraction of sp³-hybridized carbons (Fsp3) is 0.526. The third kappa shape index (κ3) is 20.6. The zero-order valence-corrected chi connectivity index (χ0v) is 48.2. The predicted molar refractivity (Wildman–Crippen MR) is 303 cm³/mol. The van der Waals surface area contributed by atoms with Crippen molar-refractivity contribution in [2.24, 2.45) is 11.8 Å². The van der Waals surface area contributed by atoms with Gasteiger partial charge in [-0.3, -0.25) is 19.8 Å². The van der Waals surface area contributed by atoms with Crippen LogP contribution >= 0.6 is 0 Å². The third-order valence-corrected chi connectivity index (χ3v) is 17.3. The number of nitrogens with zero attached hydrogens (tertiary/aromatic N) is 4. The molecule has 0 unspecified atom stereocenters. The first-order chi connectivity index (χ1) is 38.7. The summed E-state index contributed by atoms with van der Waals surface area (Å²) in [6.45, 7) is 10.6. The number of alkyl carbamates (subject to hydrolysis) is 2. The summed E-state index contributed by atoms with van der Waals surface area (Å²) in [6, 6.07) is 27.7. The van der Waals surface area contributed by atoms with E-state index < -0.39 is 67.4 Å². The number of nitro benzene ring substituents is 1. The molecule has 3 aliphatic heterocycles. The van der Waals surface area contributed by atoms with Gasteiger partial charge in [-0.1, -0.05) is 94.8 Å². The van der Waals surface area contributed by atoms with Crippen molar-refractivity contribution in [1.29, 1.82) is 0 Å². The second-order valence-electron chi connectivity index (χ2n) is 21.3. The maximum absolute atomic E-state index is 14.0. The van der Waals surface area contributed by atoms with Gasteiger partial charge >= 0.3 is 18.2 Å². The Morgan fingerprint density at radius 3 is 1.59 bits per heavy atom. The number of rotatable bonds is 26. The minimum atomic E-state index is -4.10. The number of nitrogens with one attached hydrogen (secondary N) is 2. The highest BCUT2D eigenvalue weighted by Gasteiger charge is 2.37. The van der Waals surface area contributed by atoms with Crippen molar-refractivity contribution in [3.05, 3.63) is 130 Å². The first-order valence-electron chi connectivity index (χ1n) is 27.5. The minimum Gasteiger partial charge on any atom is -0.458 e. The molecule has 24 heteroatoms. The number of nitro groups is 1. The van der Waals surface area contributed by atoms with Gasteiger partial charge in [-0.15, -0.1) is 0 Å². The monoisotopic (exact) mass is 1170 g/mol. The molecular weight excluding hydrogens is 1090 g/mol. The van der Waals surface area contributed by atoms with Crippen LogP contribution in [0.4, 0.5) is 21.0 Å². The van der Waals surface area contributed by atoms with Crippen molar-refractivity contribution in [1.82, 2.24) is 24.1 Å². The van der Waals surface area contributed by atoms with Crippen LogP contribution in [0.5, 0.6) is 0 Å². The Hall–Kier alpha value is -6.25. The Kier molecular flexibility index (Phi) is 24.7. The molecule has 0 aliphatic carbocycles. The molecule has 0 aromatic heterocycles. The number of carbonyl (C=O) groups is 3. The molecule has 7 rings (SSSR count). The molecule has 3 aliphatic rings. The van der Waals surface area contributed by atoms with Crippen LogP contribution in [0.1, 0.15) is 70.9 Å². The Balaban J connectivity index is 0.000000265. The number of aliphatic hydroxyl groups excluding tert-OH is 1. The number of hydrogen-bond donors (Lipinski definition) is 4. The number of carbonyl (C=O) groups excluding carboxylic acids is 3. The Morgan fingerprint density at radius 2 is 1.14 bits per heavy atom. The highest BCUT2D eigenvalue weighted by Crippen LogP contribution is 2.25. The molecule has 0 saturated carbocycles. The lowest BCUT2D eigenvalue weighted by molar-refractivity contribution is -0.384. The van der Waals surface area contributed by atoms with Gasteiger partial charge in [-0.25, -0.2) is 26.4 Å². The molecule has 3 fully saturated rings. The van der Waals surface area contributed by atoms with Gasteiger partial charge in [-0.05, 0) is 98.1 Å². The Labute approximate surface area is 475 Å². The SMILES string of the molecule is CC(C)CN(C[C@@H](O)[C@H](Cc1ccccc1)NC(=O)O[C@H]1CCOC1)S(=O)(=O)c1ccc([N+](=O)[O-])cc1.CC(C)CN(C[C@@H](OC(=O)CN1CCCCC1)[C@H](Cc1ccccc1)NC(=O)O[C@H]1CCOC1)S(=O)(=O)c1ccc(N)cc1. The smallest absolute Gasteiger partial charge is 0.407 e. The molecule has 444 valence electrons. The standard InChI is InChI=1S/C32H46N4O7S.C25H33N3O8S/c1-24(2)20-36(44(39,40)28-13-11-26(33)12-14-28)21-30(43-31(37)22-35-16-7-4-8-17-35)29(19-25-9-5-3-6-10-25)34-32(38)42-27-15-18-41-23-27;1-18(2)15-27(37(33,34)22-10-8-20(9-11-22)28(31)32)16-24(29)23(14-19-6-4-3-5-7-19)26-25(30)36-21-12-13-35-17-21/h3,5-6,9-14,24,27,29-30H,4,7-8,15-23,33H2,1-2H3,(H,34,38);3-11,18,21,23-24,29H,12-17H2,1-2H3,(H,26,30)/t27-,29-,30+;21-,23-,24+/m00/s1. The fourth-order valence-electron chi connectivity index (χ4n) is 9.50. The zero-order valence-electron chi connectivity index (χ0n) is 46.6. The van der Waals surface area contributed by atoms with Gasteiger partial charge in [0.15, 0.2) is 0 Å². The molecule has 3 saturated heterocycles. The van der Waals surface area contributed by atoms with Crippen LogP contribution in [0.3, 0.4) is 0 Å². The quantitative estimate of drug-likeness (QED) is 0.0180. The summed E-state index contributed by atoms with van der Waals surface area (Å²) in [7, 11) is -8.11. The lowest BCUT2D eigenvalue weighted by atomic mass is 10.0. The summed E-state index contributed by atoms with van der Waals surface area (Å²) in [6.07, 6.45) is 0.398. The number of non-ortho nitro benzene ring substituents is 1. The molecule has 5 N–H and O–H groups in total. The van der Waals surface area contributed by atoms with Gasteiger partial charge in [0.1, 0.15) is 18.3 Å². The molecule has 4 aromatic carbocycles. The van der Waals surface area contributed by atoms with E-state index in [1.165, 1.54) is 28.6 Å². The summed E-state index contributed by atoms with van der Waals surface area (Å²) in [5, 5.41) is 27.8. The normalized spacial score (nSPS) is 18.3. The summed E-state index contributed by atoms with van der Waals surface area (Å²) in [4.78, 5) is 51.5. The average molecular weight is 1170 g/mol. The molecule has 81 heavy (non-hydrogen) atoms. The van der Waals surface area contributed by atoms with Crippen LogP contribution in [0.25, 0.3) is 0 Å². The predicted octanol–water partition coefficient (Wildman–Crippen LogP) is 6.17. The number of sulfonamides is 2. The van der Waals surface area contributed by atoms with Gasteiger partial charge in [0, 0.05) is 50.3 Å². The molecule has 0 bridgehead atoms. The lowest BCUT2D eigenvalue weighted by Gasteiger charge is -2.34. The number of piperidine rings is 1. The zero-order chi connectivity index (χ0) is 58.5. The van der Waals surface area contributed by atoms with Crippen molar-refractivity contribution in [3.63, 3.8) is 0 Å². The molecular formula is C57H79N7O15S2. The number of amides is 2. The van der Waals surface area contributed by atoms with Gasteiger partial charge < -0.3 is 45.2 Å². The number of nitrogen functional groups attached to an aromatic ring is 1. The highest BCUT2D eigenvalue weighted by atomic mass is 32.2. The van der Waals surface area contributed by atoms with Crippen molar-refractivity contribution < 1.29 is 64.9 Å². The van der Waals surface area contributed by atoms with E-state index in [0.717, 1.165) is 59.9 Å². The first-order valence-corrected chi connectivity index (χ1v) is 30.4. The summed E-state index contributed by atoms with van der Waals surface area (Å²) < 4.78 is 85.0. The first kappa shape index (κ1) is 63.9. The minimum absolute atomic E-state index is 0.0314. The molecule has 4 aromatic rings. The molecule has 3 heterocycles. The van der Waals surface area contributed by atoms with Crippen molar-refractivity contribution in [3.8, 4) is 0 Å². The van der Waals surface area contributed by atoms with Crippen LogP contribution < -0.4 is 16.4 Å². The maximum Gasteiger partial charge on any atom is 0.407 e. The van der Waals surface area contributed by atoms with E-state index in [4.69, 9.17) is 29.4 Å². The van der Waals surface area contributed by atoms with E-state index in [-0.39, 0.29) is 85.1 Å². The van der Waals surface area contributed by atoms with Crippen LogP contribution in [-0.4, -0.2) is 167 Å². The van der Waals surface area contributed by atoms with E-state index in [9.17, 15) is 46.4 Å². The van der Waals surface area contributed by atoms with Crippen molar-refractivity contribution in [2.45, 2.75) is 119 Å². The number of esters is 1. The molecule has 22 nitrogen and oxygen atoms in total. The second-order valence-corrected chi connectivity index (χ2v) is 25.2. The summed E-state index contributed by atoms with van der Waals surface area (Å²) >= 11 is 0. The lowest BCUT2D eigenvalue weighted by Crippen LogP contribution is -2.53. The Morgan fingerprint density at radius 1 is 0.679 bits per heavy atom. The summed E-state index contributed by atoms with van der Waals surface area (Å²) in [5.74, 6) is -0.576. The maximum atomic E-state index is 14.0. The van der Waals surface area contributed by atoms with Crippen molar-refractivity contribution >= 4 is 49.6 Å². The second kappa shape index (κ2) is 31.3. The Bertz CT molecular complexity index is 2820. The fourth-order valence-corrected chi connectivity index (χ4v) is 12.7.